The first-order chi connectivity index (χ1) is 13.3. The minimum absolute atomic E-state index is 0.0506. The number of hydrogen-bond donors (Lipinski definition) is 1. The Morgan fingerprint density at radius 3 is 2.64 bits per heavy atom. The summed E-state index contributed by atoms with van der Waals surface area (Å²) in [5.41, 5.74) is 2.21. The van der Waals surface area contributed by atoms with Gasteiger partial charge in [0, 0.05) is 16.5 Å². The molecular formula is C21H26N2O3S2. The summed E-state index contributed by atoms with van der Waals surface area (Å²) >= 11 is 1.69. The van der Waals surface area contributed by atoms with Crippen molar-refractivity contribution in [3.63, 3.8) is 0 Å². The van der Waals surface area contributed by atoms with E-state index in [9.17, 15) is 13.2 Å². The Labute approximate surface area is 170 Å². The lowest BCUT2D eigenvalue weighted by Crippen LogP contribution is -2.34. The number of carbonyl (C=O) groups is 1. The van der Waals surface area contributed by atoms with Crippen LogP contribution in [0.15, 0.2) is 35.7 Å². The van der Waals surface area contributed by atoms with Gasteiger partial charge in [0.15, 0.2) is 0 Å². The van der Waals surface area contributed by atoms with Crippen LogP contribution >= 0.6 is 11.3 Å². The molecule has 5 nitrogen and oxygen atoms in total. The smallest absolute Gasteiger partial charge is 0.251 e. The molecule has 4 rings (SSSR count). The molecule has 0 saturated heterocycles. The number of nitrogens with one attached hydrogen (secondary N) is 1. The Bertz CT molecular complexity index is 964. The van der Waals surface area contributed by atoms with Gasteiger partial charge < -0.3 is 5.32 Å². The van der Waals surface area contributed by atoms with Gasteiger partial charge in [0.05, 0.1) is 18.0 Å². The molecule has 1 saturated carbocycles. The lowest BCUT2D eigenvalue weighted by Gasteiger charge is -2.24. The number of thiophene rings is 1. The number of benzene rings is 1. The lowest BCUT2D eigenvalue weighted by molar-refractivity contribution is 0.0922. The monoisotopic (exact) mass is 418 g/mol. The third-order valence-corrected chi connectivity index (χ3v) is 8.09. The maximum atomic E-state index is 13.0. The van der Waals surface area contributed by atoms with E-state index >= 15 is 0 Å². The molecule has 2 unspecified atom stereocenters. The fourth-order valence-electron chi connectivity index (χ4n) is 4.65. The van der Waals surface area contributed by atoms with E-state index < -0.39 is 10.0 Å². The number of rotatable bonds is 5. The predicted molar refractivity (Wildman–Crippen MR) is 113 cm³/mol. The molecule has 0 radical (unpaired) electrons. The highest BCUT2D eigenvalue weighted by molar-refractivity contribution is 7.92. The Morgan fingerprint density at radius 1 is 1.25 bits per heavy atom. The second kappa shape index (κ2) is 7.52. The molecule has 0 bridgehead atoms. The van der Waals surface area contributed by atoms with Gasteiger partial charge in [0.1, 0.15) is 0 Å². The van der Waals surface area contributed by atoms with Crippen LogP contribution in [0.2, 0.25) is 0 Å². The molecule has 1 fully saturated rings. The van der Waals surface area contributed by atoms with Gasteiger partial charge in [-0.3, -0.25) is 9.10 Å². The van der Waals surface area contributed by atoms with E-state index in [4.69, 9.17) is 0 Å². The fourth-order valence-corrected chi connectivity index (χ4v) is 6.79. The van der Waals surface area contributed by atoms with Crippen molar-refractivity contribution >= 4 is 33.0 Å². The first kappa shape index (κ1) is 19.5. The van der Waals surface area contributed by atoms with Crippen molar-refractivity contribution in [1.82, 2.24) is 5.32 Å². The average molecular weight is 419 g/mol. The maximum Gasteiger partial charge on any atom is 0.251 e. The first-order valence-electron chi connectivity index (χ1n) is 9.81. The van der Waals surface area contributed by atoms with Crippen LogP contribution in [0.3, 0.4) is 0 Å². The SMILES string of the molecule is CC1Cc2cc(C(=O)NC(c3cccs3)C3CCCC3)ccc2N1S(C)(=O)=O. The van der Waals surface area contributed by atoms with E-state index in [0.29, 0.717) is 23.6 Å². The van der Waals surface area contributed by atoms with Crippen LogP contribution in [0.1, 0.15) is 59.4 Å². The summed E-state index contributed by atoms with van der Waals surface area (Å²) in [6, 6.07) is 9.42. The second-order valence-electron chi connectivity index (χ2n) is 7.97. The molecule has 1 aliphatic carbocycles. The highest BCUT2D eigenvalue weighted by atomic mass is 32.2. The highest BCUT2D eigenvalue weighted by Gasteiger charge is 2.33. The number of carbonyl (C=O) groups excluding carboxylic acids is 1. The molecule has 28 heavy (non-hydrogen) atoms. The van der Waals surface area contributed by atoms with Crippen molar-refractivity contribution in [1.29, 1.82) is 0 Å². The van der Waals surface area contributed by atoms with Gasteiger partial charge in [-0.1, -0.05) is 18.9 Å². The largest absolute Gasteiger partial charge is 0.344 e. The van der Waals surface area contributed by atoms with Crippen molar-refractivity contribution in [3.8, 4) is 0 Å². The van der Waals surface area contributed by atoms with Crippen LogP contribution in [-0.2, 0) is 16.4 Å². The lowest BCUT2D eigenvalue weighted by atomic mass is 9.96. The average Bonchev–Trinajstić information content (AvgIpc) is 3.37. The molecular weight excluding hydrogens is 392 g/mol. The Morgan fingerprint density at radius 2 is 2.00 bits per heavy atom. The molecule has 2 heterocycles. The van der Waals surface area contributed by atoms with E-state index in [1.807, 2.05) is 19.1 Å². The van der Waals surface area contributed by atoms with Gasteiger partial charge in [-0.05, 0) is 67.3 Å². The van der Waals surface area contributed by atoms with E-state index in [-0.39, 0.29) is 18.0 Å². The molecule has 1 aromatic carbocycles. The molecule has 0 spiro atoms. The Kier molecular flexibility index (Phi) is 5.22. The number of anilines is 1. The van der Waals surface area contributed by atoms with Gasteiger partial charge >= 0.3 is 0 Å². The zero-order valence-corrected chi connectivity index (χ0v) is 17.9. The maximum absolute atomic E-state index is 13.0. The summed E-state index contributed by atoms with van der Waals surface area (Å²) in [7, 11) is -3.32. The van der Waals surface area contributed by atoms with Gasteiger partial charge in [-0.2, -0.15) is 0 Å². The van der Waals surface area contributed by atoms with Gasteiger partial charge in [-0.15, -0.1) is 11.3 Å². The zero-order valence-electron chi connectivity index (χ0n) is 16.2. The van der Waals surface area contributed by atoms with Crippen LogP contribution in [0, 0.1) is 5.92 Å². The first-order valence-corrected chi connectivity index (χ1v) is 12.5. The molecule has 2 aliphatic rings. The van der Waals surface area contributed by atoms with Crippen molar-refractivity contribution in [2.45, 2.75) is 51.1 Å². The molecule has 1 aliphatic heterocycles. The minimum atomic E-state index is -3.32. The molecule has 7 heteroatoms. The van der Waals surface area contributed by atoms with Crippen molar-refractivity contribution < 1.29 is 13.2 Å². The van der Waals surface area contributed by atoms with Crippen molar-refractivity contribution in [2.75, 3.05) is 10.6 Å². The highest BCUT2D eigenvalue weighted by Crippen LogP contribution is 2.38. The van der Waals surface area contributed by atoms with Crippen LogP contribution < -0.4 is 9.62 Å². The Hall–Kier alpha value is -1.86. The zero-order chi connectivity index (χ0) is 19.9. The van der Waals surface area contributed by atoms with E-state index in [1.54, 1.807) is 23.5 Å². The minimum Gasteiger partial charge on any atom is -0.344 e. The summed E-state index contributed by atoms with van der Waals surface area (Å²) in [4.78, 5) is 14.2. The molecule has 2 atom stereocenters. The van der Waals surface area contributed by atoms with Crippen LogP contribution in [0.25, 0.3) is 0 Å². The van der Waals surface area contributed by atoms with E-state index in [2.05, 4.69) is 16.8 Å². The summed E-state index contributed by atoms with van der Waals surface area (Å²) < 4.78 is 25.6. The summed E-state index contributed by atoms with van der Waals surface area (Å²) in [6.45, 7) is 1.90. The van der Waals surface area contributed by atoms with Crippen molar-refractivity contribution in [3.05, 3.63) is 51.7 Å². The number of sulfonamides is 1. The number of amides is 1. The Balaban J connectivity index is 1.58. The van der Waals surface area contributed by atoms with Gasteiger partial charge in [-0.25, -0.2) is 8.42 Å². The number of hydrogen-bond acceptors (Lipinski definition) is 4. The number of fused-ring (bicyclic) bond motifs is 1. The molecule has 1 N–H and O–H groups in total. The topological polar surface area (TPSA) is 66.5 Å². The predicted octanol–water partition coefficient (Wildman–Crippen LogP) is 4.12. The fraction of sp³-hybridized carbons (Fsp3) is 0.476. The van der Waals surface area contributed by atoms with E-state index in [1.165, 1.54) is 28.3 Å². The second-order valence-corrected chi connectivity index (χ2v) is 10.8. The normalized spacial score (nSPS) is 20.9. The van der Waals surface area contributed by atoms with Gasteiger partial charge in [0.2, 0.25) is 10.0 Å². The van der Waals surface area contributed by atoms with Crippen LogP contribution in [-0.4, -0.2) is 26.6 Å². The van der Waals surface area contributed by atoms with Gasteiger partial charge in [0.25, 0.3) is 5.91 Å². The summed E-state index contributed by atoms with van der Waals surface area (Å²) in [5.74, 6) is 0.399. The van der Waals surface area contributed by atoms with Crippen LogP contribution in [0.5, 0.6) is 0 Å². The standard InChI is InChI=1S/C21H26N2O3S2/c1-14-12-17-13-16(9-10-18(17)23(14)28(2,25)26)21(24)22-20(15-6-3-4-7-15)19-8-5-11-27-19/h5,8-11,13-15,20H,3-4,6-7,12H2,1-2H3,(H,22,24). The summed E-state index contributed by atoms with van der Waals surface area (Å²) in [6.07, 6.45) is 6.59. The summed E-state index contributed by atoms with van der Waals surface area (Å²) in [5, 5.41) is 5.32. The quantitative estimate of drug-likeness (QED) is 0.794. The van der Waals surface area contributed by atoms with Crippen LogP contribution in [0.4, 0.5) is 5.69 Å². The number of nitrogens with zero attached hydrogens (tertiary/aromatic N) is 1. The molecule has 2 aromatic rings. The van der Waals surface area contributed by atoms with Crippen molar-refractivity contribution in [2.24, 2.45) is 5.92 Å². The molecule has 150 valence electrons. The molecule has 1 amide bonds. The third kappa shape index (κ3) is 3.70. The molecule has 1 aromatic heterocycles. The van der Waals surface area contributed by atoms with E-state index in [0.717, 1.165) is 18.4 Å². The third-order valence-electron chi connectivity index (χ3n) is 5.86.